The summed E-state index contributed by atoms with van der Waals surface area (Å²) in [5.41, 5.74) is 4.94. The van der Waals surface area contributed by atoms with E-state index in [1.807, 2.05) is 98.3 Å². The van der Waals surface area contributed by atoms with E-state index in [2.05, 4.69) is 22.1 Å². The van der Waals surface area contributed by atoms with Crippen LogP contribution in [0.25, 0.3) is 11.3 Å². The summed E-state index contributed by atoms with van der Waals surface area (Å²) in [6, 6.07) is 22.0. The number of benzene rings is 1. The molecule has 1 aromatic carbocycles. The Balaban J connectivity index is 0.000000189. The molecule has 0 unspecified atom stereocenters. The van der Waals surface area contributed by atoms with E-state index in [1.165, 1.54) is 0 Å². The molecule has 0 N–H and O–H groups in total. The molecule has 27 heavy (non-hydrogen) atoms. The largest absolute Gasteiger partial charge is 3.00 e. The molecule has 0 bridgehead atoms. The van der Waals surface area contributed by atoms with Gasteiger partial charge >= 0.3 is 20.1 Å². The molecule has 4 rings (SSSR count). The molecule has 2 aromatic heterocycles. The standard InChI is InChI=1S/C12H11N2.C10H10N2.Ir/c1-9-6-7-11(10(2)14-9)12-5-3-4-8-13-12;1-11-7-8-12(9-11)10-5-3-2-4-6-10;/h3-6,8H,1-2H3;2-5,7-9H,1H3;/q-1;-2;+3. The van der Waals surface area contributed by atoms with Crippen LogP contribution in [0.5, 0.6) is 0 Å². The maximum Gasteiger partial charge on any atom is 3.00 e. The third-order valence-electron chi connectivity index (χ3n) is 3.79. The molecule has 0 spiro atoms. The number of nitrogens with zero attached hydrogens (tertiary/aromatic N) is 4. The van der Waals surface area contributed by atoms with E-state index in [0.717, 1.165) is 28.3 Å². The van der Waals surface area contributed by atoms with Crippen molar-refractivity contribution in [1.82, 2.24) is 14.9 Å². The fraction of sp³-hybridized carbons (Fsp3) is 0.136. The fourth-order valence-corrected chi connectivity index (χ4v) is 2.54. The number of hydrogen-bond donors (Lipinski definition) is 0. The molecule has 0 atom stereocenters. The van der Waals surface area contributed by atoms with Gasteiger partial charge in [0.2, 0.25) is 0 Å². The topological polar surface area (TPSA) is 32.3 Å². The van der Waals surface area contributed by atoms with Crippen molar-refractivity contribution >= 4 is 5.69 Å². The predicted octanol–water partition coefficient (Wildman–Crippen LogP) is 4.39. The Labute approximate surface area is 174 Å². The van der Waals surface area contributed by atoms with Gasteiger partial charge in [-0.15, -0.1) is 23.4 Å². The first-order valence-corrected chi connectivity index (χ1v) is 8.41. The third kappa shape index (κ3) is 5.75. The van der Waals surface area contributed by atoms with Gasteiger partial charge in [0, 0.05) is 6.20 Å². The van der Waals surface area contributed by atoms with Gasteiger partial charge in [0.1, 0.15) is 0 Å². The smallest absolute Gasteiger partial charge is 0.510 e. The number of pyridine rings is 2. The van der Waals surface area contributed by atoms with Crippen LogP contribution in [-0.4, -0.2) is 21.9 Å². The van der Waals surface area contributed by atoms with E-state index in [4.69, 9.17) is 0 Å². The summed E-state index contributed by atoms with van der Waals surface area (Å²) in [4.78, 5) is 12.7. The molecule has 4 nitrogen and oxygen atoms in total. The summed E-state index contributed by atoms with van der Waals surface area (Å²) < 4.78 is 0. The van der Waals surface area contributed by atoms with Gasteiger partial charge in [0.25, 0.3) is 0 Å². The van der Waals surface area contributed by atoms with Crippen LogP contribution in [0, 0.1) is 32.6 Å². The second-order valence-electron chi connectivity index (χ2n) is 5.95. The van der Waals surface area contributed by atoms with Crippen molar-refractivity contribution in [3.05, 3.63) is 97.3 Å². The van der Waals surface area contributed by atoms with Gasteiger partial charge in [-0.1, -0.05) is 26.0 Å². The van der Waals surface area contributed by atoms with Crippen molar-refractivity contribution in [2.45, 2.75) is 13.8 Å². The van der Waals surface area contributed by atoms with Crippen LogP contribution >= 0.6 is 0 Å². The Bertz CT molecular complexity index is 866. The minimum atomic E-state index is 0. The molecule has 0 aliphatic carbocycles. The zero-order valence-corrected chi connectivity index (χ0v) is 17.9. The molecule has 3 heterocycles. The Kier molecular flexibility index (Phi) is 7.71. The second-order valence-corrected chi connectivity index (χ2v) is 5.95. The van der Waals surface area contributed by atoms with Crippen molar-refractivity contribution in [3.63, 3.8) is 0 Å². The minimum absolute atomic E-state index is 0. The quantitative estimate of drug-likeness (QED) is 0.458. The molecular weight excluding hydrogens is 512 g/mol. The van der Waals surface area contributed by atoms with Crippen molar-refractivity contribution in [1.29, 1.82) is 0 Å². The number of aryl methyl sites for hydroxylation is 2. The molecule has 1 aliphatic rings. The van der Waals surface area contributed by atoms with E-state index in [9.17, 15) is 0 Å². The van der Waals surface area contributed by atoms with E-state index >= 15 is 0 Å². The second kappa shape index (κ2) is 10.0. The van der Waals surface area contributed by atoms with Gasteiger partial charge in [0.05, 0.1) is 0 Å². The average molecular weight is 534 g/mol. The molecule has 0 amide bonds. The zero-order chi connectivity index (χ0) is 18.4. The van der Waals surface area contributed by atoms with Gasteiger partial charge in [-0.2, -0.15) is 37.0 Å². The summed E-state index contributed by atoms with van der Waals surface area (Å²) >= 11 is 0. The molecule has 0 saturated carbocycles. The summed E-state index contributed by atoms with van der Waals surface area (Å²) in [5.74, 6) is 0. The van der Waals surface area contributed by atoms with Crippen LogP contribution in [0.2, 0.25) is 0 Å². The molecule has 5 heteroatoms. The van der Waals surface area contributed by atoms with Gasteiger partial charge in [-0.25, -0.2) is 0 Å². The third-order valence-corrected chi connectivity index (χ3v) is 3.79. The Morgan fingerprint density at radius 2 is 1.81 bits per heavy atom. The SMILES string of the molecule is CN1C=CN(c2[c-]cccc2)[CH-]1.Cc1c[c-]c(-c2ccccn2)c(C)n1.[Ir+3]. The first-order valence-electron chi connectivity index (χ1n) is 8.41. The van der Waals surface area contributed by atoms with E-state index < -0.39 is 0 Å². The van der Waals surface area contributed by atoms with Gasteiger partial charge in [-0.05, 0) is 42.6 Å². The Hall–Kier alpha value is -2.49. The molecule has 0 fully saturated rings. The molecule has 0 radical (unpaired) electrons. The van der Waals surface area contributed by atoms with Crippen molar-refractivity contribution in [3.8, 4) is 11.3 Å². The average Bonchev–Trinajstić information content (AvgIpc) is 3.10. The van der Waals surface area contributed by atoms with Crippen molar-refractivity contribution in [2.24, 2.45) is 0 Å². The number of rotatable bonds is 2. The van der Waals surface area contributed by atoms with Crippen molar-refractivity contribution < 1.29 is 20.1 Å². The maximum atomic E-state index is 4.38. The summed E-state index contributed by atoms with van der Waals surface area (Å²) in [6.45, 7) is 5.95. The molecular formula is C22H21IrN4. The number of aromatic nitrogens is 2. The van der Waals surface area contributed by atoms with Crippen LogP contribution < -0.4 is 4.90 Å². The van der Waals surface area contributed by atoms with Crippen LogP contribution in [-0.2, 0) is 20.1 Å². The summed E-state index contributed by atoms with van der Waals surface area (Å²) in [6.07, 6.45) is 5.79. The van der Waals surface area contributed by atoms with Crippen LogP contribution in [0.3, 0.4) is 0 Å². The monoisotopic (exact) mass is 534 g/mol. The van der Waals surface area contributed by atoms with E-state index in [-0.39, 0.29) is 20.1 Å². The van der Waals surface area contributed by atoms with Crippen molar-refractivity contribution in [2.75, 3.05) is 11.9 Å². The van der Waals surface area contributed by atoms with E-state index in [1.54, 1.807) is 6.20 Å². The maximum absolute atomic E-state index is 4.38. The molecule has 1 aliphatic heterocycles. The Morgan fingerprint density at radius 1 is 1.00 bits per heavy atom. The number of para-hydroxylation sites is 1. The van der Waals surface area contributed by atoms with Gasteiger partial charge < -0.3 is 19.8 Å². The summed E-state index contributed by atoms with van der Waals surface area (Å²) in [5, 5.41) is 0. The first kappa shape index (κ1) is 20.8. The van der Waals surface area contributed by atoms with Gasteiger partial charge in [0.15, 0.2) is 0 Å². The van der Waals surface area contributed by atoms with Crippen LogP contribution in [0.1, 0.15) is 11.4 Å². The fourth-order valence-electron chi connectivity index (χ4n) is 2.54. The minimum Gasteiger partial charge on any atom is -0.510 e. The first-order chi connectivity index (χ1) is 12.6. The molecule has 138 valence electrons. The van der Waals surface area contributed by atoms with E-state index in [0.29, 0.717) is 0 Å². The normalized spacial score (nSPS) is 12.3. The Morgan fingerprint density at radius 3 is 2.41 bits per heavy atom. The number of anilines is 1. The predicted molar refractivity (Wildman–Crippen MR) is 105 cm³/mol. The van der Waals surface area contributed by atoms with Gasteiger partial charge in [-0.3, -0.25) is 0 Å². The number of hydrogen-bond acceptors (Lipinski definition) is 4. The van der Waals surface area contributed by atoms with Crippen LogP contribution in [0.15, 0.2) is 67.1 Å². The zero-order valence-electron chi connectivity index (χ0n) is 15.6. The van der Waals surface area contributed by atoms with Crippen LogP contribution in [0.4, 0.5) is 5.69 Å². The molecule has 3 aromatic rings. The summed E-state index contributed by atoms with van der Waals surface area (Å²) in [7, 11) is 2.00. The molecule has 0 saturated heterocycles.